The summed E-state index contributed by atoms with van der Waals surface area (Å²) >= 11 is 1.60. The lowest BCUT2D eigenvalue weighted by molar-refractivity contribution is -0.132. The van der Waals surface area contributed by atoms with E-state index in [-0.39, 0.29) is 29.5 Å². The minimum atomic E-state index is -2.98. The zero-order valence-electron chi connectivity index (χ0n) is 15.2. The molecule has 3 aliphatic rings. The summed E-state index contributed by atoms with van der Waals surface area (Å²) in [7, 11) is -2.98. The van der Waals surface area contributed by atoms with Crippen LogP contribution in [0.2, 0.25) is 0 Å². The quantitative estimate of drug-likeness (QED) is 0.721. The van der Waals surface area contributed by atoms with Crippen molar-refractivity contribution in [3.05, 3.63) is 29.3 Å². The highest BCUT2D eigenvalue weighted by Gasteiger charge is 2.38. The van der Waals surface area contributed by atoms with Gasteiger partial charge in [-0.25, -0.2) is 8.42 Å². The molecule has 1 saturated carbocycles. The SMILES string of the molecule is O=C(CSc1ccc2c(c1)CCC2)N(C1CCCC1)[C@H]1CCS(=O)(=O)C1. The van der Waals surface area contributed by atoms with E-state index in [0.29, 0.717) is 12.2 Å². The molecule has 1 heterocycles. The van der Waals surface area contributed by atoms with Gasteiger partial charge in [0.2, 0.25) is 5.91 Å². The number of hydrogen-bond acceptors (Lipinski definition) is 4. The van der Waals surface area contributed by atoms with Gasteiger partial charge in [-0.05, 0) is 61.8 Å². The lowest BCUT2D eigenvalue weighted by atomic mass is 10.1. The molecule has 0 N–H and O–H groups in total. The van der Waals surface area contributed by atoms with Gasteiger partial charge in [0.05, 0.1) is 17.3 Å². The van der Waals surface area contributed by atoms with Crippen molar-refractivity contribution in [3.63, 3.8) is 0 Å². The first-order valence-electron chi connectivity index (χ1n) is 9.78. The van der Waals surface area contributed by atoms with Gasteiger partial charge in [0.15, 0.2) is 9.84 Å². The van der Waals surface area contributed by atoms with Crippen molar-refractivity contribution in [2.75, 3.05) is 17.3 Å². The van der Waals surface area contributed by atoms with Crippen LogP contribution in [0.25, 0.3) is 0 Å². The van der Waals surface area contributed by atoms with Gasteiger partial charge in [-0.15, -0.1) is 11.8 Å². The second-order valence-corrected chi connectivity index (χ2v) is 11.1. The van der Waals surface area contributed by atoms with Crippen LogP contribution in [-0.4, -0.2) is 48.6 Å². The fourth-order valence-electron chi connectivity index (χ4n) is 4.74. The van der Waals surface area contributed by atoms with Crippen molar-refractivity contribution in [1.82, 2.24) is 4.90 Å². The Balaban J connectivity index is 1.44. The zero-order valence-corrected chi connectivity index (χ0v) is 16.8. The number of carbonyl (C=O) groups is 1. The van der Waals surface area contributed by atoms with Crippen molar-refractivity contribution >= 4 is 27.5 Å². The number of aryl methyl sites for hydroxylation is 2. The van der Waals surface area contributed by atoms with E-state index in [1.807, 2.05) is 4.90 Å². The first kappa shape index (κ1) is 18.4. The van der Waals surface area contributed by atoms with E-state index in [0.717, 1.165) is 37.0 Å². The van der Waals surface area contributed by atoms with Crippen LogP contribution in [0, 0.1) is 0 Å². The van der Waals surface area contributed by atoms with Gasteiger partial charge < -0.3 is 4.90 Å². The van der Waals surface area contributed by atoms with E-state index in [2.05, 4.69) is 18.2 Å². The van der Waals surface area contributed by atoms with Crippen molar-refractivity contribution in [2.24, 2.45) is 0 Å². The topological polar surface area (TPSA) is 54.5 Å². The largest absolute Gasteiger partial charge is 0.335 e. The number of rotatable bonds is 5. The molecule has 0 aromatic heterocycles. The number of carbonyl (C=O) groups excluding carboxylic acids is 1. The third kappa shape index (κ3) is 3.96. The molecule has 1 saturated heterocycles. The average Bonchev–Trinajstić information content (AvgIpc) is 3.34. The van der Waals surface area contributed by atoms with Crippen LogP contribution in [0.15, 0.2) is 23.1 Å². The van der Waals surface area contributed by atoms with E-state index < -0.39 is 9.84 Å². The van der Waals surface area contributed by atoms with Gasteiger partial charge in [-0.1, -0.05) is 18.9 Å². The summed E-state index contributed by atoms with van der Waals surface area (Å²) in [6.45, 7) is 0. The van der Waals surface area contributed by atoms with Crippen LogP contribution in [-0.2, 0) is 27.5 Å². The van der Waals surface area contributed by atoms with E-state index in [1.165, 1.54) is 24.0 Å². The third-order valence-electron chi connectivity index (χ3n) is 6.04. The molecule has 0 radical (unpaired) electrons. The molecule has 1 aliphatic heterocycles. The lowest BCUT2D eigenvalue weighted by Gasteiger charge is -2.34. The molecule has 26 heavy (non-hydrogen) atoms. The Morgan fingerprint density at radius 2 is 1.81 bits per heavy atom. The Bertz CT molecular complexity index is 784. The molecular weight excluding hydrogens is 366 g/mol. The molecule has 0 unspecified atom stereocenters. The van der Waals surface area contributed by atoms with Gasteiger partial charge in [0.1, 0.15) is 0 Å². The van der Waals surface area contributed by atoms with E-state index >= 15 is 0 Å². The minimum Gasteiger partial charge on any atom is -0.335 e. The number of nitrogens with zero attached hydrogens (tertiary/aromatic N) is 1. The highest BCUT2D eigenvalue weighted by atomic mass is 32.2. The molecule has 2 aliphatic carbocycles. The maximum atomic E-state index is 13.0. The van der Waals surface area contributed by atoms with Crippen molar-refractivity contribution in [3.8, 4) is 0 Å². The number of amides is 1. The highest BCUT2D eigenvalue weighted by Crippen LogP contribution is 2.31. The Labute approximate surface area is 160 Å². The lowest BCUT2D eigenvalue weighted by Crippen LogP contribution is -2.47. The van der Waals surface area contributed by atoms with Gasteiger partial charge in [0, 0.05) is 17.0 Å². The summed E-state index contributed by atoms with van der Waals surface area (Å²) < 4.78 is 23.9. The van der Waals surface area contributed by atoms with E-state index in [4.69, 9.17) is 0 Å². The first-order chi connectivity index (χ1) is 12.5. The molecule has 1 aromatic rings. The van der Waals surface area contributed by atoms with E-state index in [1.54, 1.807) is 11.8 Å². The minimum absolute atomic E-state index is 0.115. The second kappa shape index (κ2) is 7.55. The predicted octanol–water partition coefficient (Wildman–Crippen LogP) is 3.23. The van der Waals surface area contributed by atoms with Crippen LogP contribution in [0.4, 0.5) is 0 Å². The summed E-state index contributed by atoms with van der Waals surface area (Å²) in [6.07, 6.45) is 8.48. The van der Waals surface area contributed by atoms with Crippen LogP contribution in [0.3, 0.4) is 0 Å². The molecule has 1 aromatic carbocycles. The monoisotopic (exact) mass is 393 g/mol. The number of thioether (sulfide) groups is 1. The molecular formula is C20H27NO3S2. The summed E-state index contributed by atoms with van der Waals surface area (Å²) in [5, 5.41) is 0. The predicted molar refractivity (Wildman–Crippen MR) is 105 cm³/mol. The van der Waals surface area contributed by atoms with Crippen LogP contribution in [0.1, 0.15) is 49.7 Å². The van der Waals surface area contributed by atoms with Gasteiger partial charge >= 0.3 is 0 Å². The normalized spacial score (nSPS) is 24.7. The Kier molecular flexibility index (Phi) is 5.33. The fraction of sp³-hybridized carbons (Fsp3) is 0.650. The first-order valence-corrected chi connectivity index (χ1v) is 12.6. The standard InChI is InChI=1S/C20H27NO3S2/c22-20(13-25-19-9-8-15-4-3-5-16(15)12-19)21(17-6-1-2-7-17)18-10-11-26(23,24)14-18/h8-9,12,17-18H,1-7,10-11,13-14H2/t18-/m0/s1. The zero-order chi connectivity index (χ0) is 18.1. The third-order valence-corrected chi connectivity index (χ3v) is 8.77. The molecule has 0 spiro atoms. The fourth-order valence-corrected chi connectivity index (χ4v) is 7.28. The number of fused-ring (bicyclic) bond motifs is 1. The smallest absolute Gasteiger partial charge is 0.233 e. The maximum absolute atomic E-state index is 13.0. The van der Waals surface area contributed by atoms with Crippen LogP contribution in [0.5, 0.6) is 0 Å². The Morgan fingerprint density at radius 1 is 1.04 bits per heavy atom. The van der Waals surface area contributed by atoms with Crippen LogP contribution < -0.4 is 0 Å². The van der Waals surface area contributed by atoms with Crippen molar-refractivity contribution in [1.29, 1.82) is 0 Å². The number of sulfone groups is 1. The molecule has 4 nitrogen and oxygen atoms in total. The molecule has 0 bridgehead atoms. The van der Waals surface area contributed by atoms with Crippen LogP contribution >= 0.6 is 11.8 Å². The molecule has 2 fully saturated rings. The maximum Gasteiger partial charge on any atom is 0.233 e. The second-order valence-electron chi connectivity index (χ2n) is 7.87. The van der Waals surface area contributed by atoms with Crippen molar-refractivity contribution < 1.29 is 13.2 Å². The molecule has 6 heteroatoms. The molecule has 4 rings (SSSR count). The van der Waals surface area contributed by atoms with Crippen molar-refractivity contribution in [2.45, 2.75) is 68.3 Å². The van der Waals surface area contributed by atoms with E-state index in [9.17, 15) is 13.2 Å². The molecule has 1 amide bonds. The summed E-state index contributed by atoms with van der Waals surface area (Å²) in [4.78, 5) is 16.2. The Hall–Kier alpha value is -1.01. The Morgan fingerprint density at radius 3 is 2.54 bits per heavy atom. The van der Waals surface area contributed by atoms with Gasteiger partial charge in [-0.2, -0.15) is 0 Å². The summed E-state index contributed by atoms with van der Waals surface area (Å²) in [5.41, 5.74) is 2.88. The summed E-state index contributed by atoms with van der Waals surface area (Å²) in [6, 6.07) is 6.69. The molecule has 142 valence electrons. The summed E-state index contributed by atoms with van der Waals surface area (Å²) in [5.74, 6) is 0.904. The average molecular weight is 394 g/mol. The number of benzene rings is 1. The highest BCUT2D eigenvalue weighted by molar-refractivity contribution is 8.00. The molecule has 1 atom stereocenters. The van der Waals surface area contributed by atoms with Gasteiger partial charge in [-0.3, -0.25) is 4.79 Å². The van der Waals surface area contributed by atoms with Gasteiger partial charge in [0.25, 0.3) is 0 Å². The number of hydrogen-bond donors (Lipinski definition) is 0.